The maximum atomic E-state index is 10.9. The topological polar surface area (TPSA) is 106 Å². The van der Waals surface area contributed by atoms with Gasteiger partial charge in [-0.2, -0.15) is 0 Å². The third-order valence-electron chi connectivity index (χ3n) is 4.27. The van der Waals surface area contributed by atoms with Crippen molar-refractivity contribution in [3.63, 3.8) is 0 Å². The Kier molecular flexibility index (Phi) is 8.24. The van der Waals surface area contributed by atoms with Crippen LogP contribution in [0.25, 0.3) is 10.9 Å². The van der Waals surface area contributed by atoms with Gasteiger partial charge in [0.15, 0.2) is 6.61 Å². The second-order valence-electron chi connectivity index (χ2n) is 6.43. The number of aromatic nitrogens is 3. The SMILES string of the molecule is O=C(O)COc1cccc2ncnc(Nc3ccc(OCc4ccccn4)c(Cl)c3)c12.[NaH]. The van der Waals surface area contributed by atoms with Crippen LogP contribution >= 0.6 is 11.6 Å². The molecule has 2 heterocycles. The molecule has 8 nitrogen and oxygen atoms in total. The maximum absolute atomic E-state index is 10.9. The van der Waals surface area contributed by atoms with Gasteiger partial charge < -0.3 is 19.9 Å². The predicted molar refractivity (Wildman–Crippen MR) is 123 cm³/mol. The molecule has 0 spiro atoms. The Hall–Kier alpha value is -2.91. The van der Waals surface area contributed by atoms with E-state index in [0.717, 1.165) is 5.69 Å². The quantitative estimate of drug-likeness (QED) is 0.382. The summed E-state index contributed by atoms with van der Waals surface area (Å²) >= 11 is 6.39. The van der Waals surface area contributed by atoms with Gasteiger partial charge in [0.05, 0.1) is 21.6 Å². The van der Waals surface area contributed by atoms with E-state index in [2.05, 4.69) is 20.3 Å². The van der Waals surface area contributed by atoms with Crippen LogP contribution < -0.4 is 14.8 Å². The second-order valence-corrected chi connectivity index (χ2v) is 6.84. The van der Waals surface area contributed by atoms with Crippen LogP contribution in [-0.4, -0.2) is 62.2 Å². The first-order valence-corrected chi connectivity index (χ1v) is 9.65. The summed E-state index contributed by atoms with van der Waals surface area (Å²) in [6.07, 6.45) is 3.12. The normalized spacial score (nSPS) is 10.3. The fourth-order valence-electron chi connectivity index (χ4n) is 2.90. The van der Waals surface area contributed by atoms with E-state index in [1.54, 1.807) is 42.6 Å². The molecule has 0 saturated heterocycles. The Balaban J connectivity index is 0.00000289. The van der Waals surface area contributed by atoms with E-state index in [9.17, 15) is 4.79 Å². The number of halogens is 1. The first-order chi connectivity index (χ1) is 15.1. The van der Waals surface area contributed by atoms with Gasteiger partial charge in [-0.05, 0) is 42.5 Å². The van der Waals surface area contributed by atoms with Gasteiger partial charge in [0.2, 0.25) is 0 Å². The molecule has 4 aromatic rings. The monoisotopic (exact) mass is 460 g/mol. The van der Waals surface area contributed by atoms with Crippen LogP contribution in [-0.2, 0) is 11.4 Å². The van der Waals surface area contributed by atoms with Crippen LogP contribution in [0.5, 0.6) is 11.5 Å². The summed E-state index contributed by atoms with van der Waals surface area (Å²) in [4.78, 5) is 23.6. The predicted octanol–water partition coefficient (Wildman–Crippen LogP) is 3.82. The molecule has 10 heteroatoms. The summed E-state index contributed by atoms with van der Waals surface area (Å²) in [5.41, 5.74) is 2.08. The first kappa shape index (κ1) is 23.7. The van der Waals surface area contributed by atoms with Crippen molar-refractivity contribution in [1.82, 2.24) is 15.0 Å². The van der Waals surface area contributed by atoms with Gasteiger partial charge in [0.1, 0.15) is 30.3 Å². The van der Waals surface area contributed by atoms with Crippen molar-refractivity contribution in [1.29, 1.82) is 0 Å². The number of hydrogen-bond donors (Lipinski definition) is 2. The number of benzene rings is 2. The molecule has 0 aliphatic rings. The molecule has 2 aromatic heterocycles. The van der Waals surface area contributed by atoms with Gasteiger partial charge in [0, 0.05) is 11.9 Å². The summed E-state index contributed by atoms with van der Waals surface area (Å²) in [6, 6.07) is 16.1. The van der Waals surface area contributed by atoms with Gasteiger partial charge >= 0.3 is 35.5 Å². The molecular formula is C22H18ClN4NaO4. The average molecular weight is 461 g/mol. The van der Waals surface area contributed by atoms with Gasteiger partial charge in [-0.25, -0.2) is 14.8 Å². The molecule has 158 valence electrons. The van der Waals surface area contributed by atoms with Gasteiger partial charge in [-0.15, -0.1) is 0 Å². The minimum atomic E-state index is -1.07. The number of carbonyl (C=O) groups is 1. The van der Waals surface area contributed by atoms with Crippen molar-refractivity contribution < 1.29 is 19.4 Å². The van der Waals surface area contributed by atoms with E-state index in [-0.39, 0.29) is 29.6 Å². The number of anilines is 2. The number of ether oxygens (including phenoxy) is 2. The zero-order valence-corrected chi connectivity index (χ0v) is 16.9. The van der Waals surface area contributed by atoms with Crippen molar-refractivity contribution in [3.8, 4) is 11.5 Å². The molecule has 0 unspecified atom stereocenters. The zero-order valence-electron chi connectivity index (χ0n) is 16.2. The Bertz CT molecular complexity index is 1220. The molecule has 0 atom stereocenters. The van der Waals surface area contributed by atoms with Crippen LogP contribution in [0.3, 0.4) is 0 Å². The van der Waals surface area contributed by atoms with E-state index < -0.39 is 12.6 Å². The van der Waals surface area contributed by atoms with Gasteiger partial charge in [-0.3, -0.25) is 4.98 Å². The fraction of sp³-hybridized carbons (Fsp3) is 0.0909. The molecule has 2 aromatic carbocycles. The summed E-state index contributed by atoms with van der Waals surface area (Å²) in [5, 5.41) is 13.1. The van der Waals surface area contributed by atoms with E-state index in [1.165, 1.54) is 6.33 Å². The van der Waals surface area contributed by atoms with E-state index in [4.69, 9.17) is 26.2 Å². The third kappa shape index (κ3) is 5.86. The van der Waals surface area contributed by atoms with Crippen molar-refractivity contribution in [2.75, 3.05) is 11.9 Å². The van der Waals surface area contributed by atoms with E-state index in [1.807, 2.05) is 18.2 Å². The molecule has 0 fully saturated rings. The fourth-order valence-corrected chi connectivity index (χ4v) is 3.14. The first-order valence-electron chi connectivity index (χ1n) is 9.28. The number of nitrogens with zero attached hydrogens (tertiary/aromatic N) is 3. The van der Waals surface area contributed by atoms with Gasteiger partial charge in [0.25, 0.3) is 0 Å². The molecule has 0 amide bonds. The molecule has 2 N–H and O–H groups in total. The number of fused-ring (bicyclic) bond motifs is 1. The standard InChI is InChI=1S/C22H17ClN4O4.Na.H/c23-16-10-14(7-8-18(16)30-11-15-4-1-2-9-24-15)27-22-21-17(25-13-26-22)5-3-6-19(21)31-12-20(28)29;;/h1-10,13H,11-12H2,(H,28,29)(H,25,26,27);;. The van der Waals surface area contributed by atoms with Crippen molar-refractivity contribution in [2.45, 2.75) is 6.61 Å². The summed E-state index contributed by atoms with van der Waals surface area (Å²) in [6.45, 7) is -0.171. The minimum absolute atomic E-state index is 0. The van der Waals surface area contributed by atoms with Crippen molar-refractivity contribution in [2.24, 2.45) is 0 Å². The number of hydrogen-bond acceptors (Lipinski definition) is 7. The Morgan fingerprint density at radius 3 is 2.62 bits per heavy atom. The number of nitrogens with one attached hydrogen (secondary N) is 1. The molecule has 32 heavy (non-hydrogen) atoms. The second kappa shape index (κ2) is 11.1. The Morgan fingerprint density at radius 2 is 1.88 bits per heavy atom. The third-order valence-corrected chi connectivity index (χ3v) is 4.57. The van der Waals surface area contributed by atoms with Crippen molar-refractivity contribution >= 4 is 69.5 Å². The van der Waals surface area contributed by atoms with Crippen LogP contribution in [0, 0.1) is 0 Å². The molecule has 0 radical (unpaired) electrons. The van der Waals surface area contributed by atoms with Crippen molar-refractivity contribution in [3.05, 3.63) is 77.8 Å². The van der Waals surface area contributed by atoms with Crippen LogP contribution in [0.2, 0.25) is 5.02 Å². The summed E-state index contributed by atoms with van der Waals surface area (Å²) in [5.74, 6) is 0.279. The molecular weight excluding hydrogens is 443 g/mol. The van der Waals surface area contributed by atoms with E-state index >= 15 is 0 Å². The molecule has 4 rings (SSSR count). The number of aliphatic carboxylic acids is 1. The van der Waals surface area contributed by atoms with E-state index in [0.29, 0.717) is 45.5 Å². The van der Waals surface area contributed by atoms with Crippen LogP contribution in [0.4, 0.5) is 11.5 Å². The molecule has 0 saturated carbocycles. The average Bonchev–Trinajstić information content (AvgIpc) is 2.78. The Morgan fingerprint density at radius 1 is 1.00 bits per heavy atom. The zero-order chi connectivity index (χ0) is 21.6. The molecule has 0 aliphatic heterocycles. The summed E-state index contributed by atoms with van der Waals surface area (Å²) < 4.78 is 11.2. The van der Waals surface area contributed by atoms with Crippen LogP contribution in [0.15, 0.2) is 67.1 Å². The summed E-state index contributed by atoms with van der Waals surface area (Å²) in [7, 11) is 0. The van der Waals surface area contributed by atoms with Crippen LogP contribution in [0.1, 0.15) is 5.69 Å². The number of rotatable bonds is 8. The number of pyridine rings is 1. The van der Waals surface area contributed by atoms with Gasteiger partial charge in [-0.1, -0.05) is 23.7 Å². The number of carboxylic acid groups (broad SMARTS) is 1. The molecule has 0 bridgehead atoms. The number of carboxylic acids is 1. The molecule has 0 aliphatic carbocycles. The Labute approximate surface area is 210 Å².